The topological polar surface area (TPSA) is 339 Å². The van der Waals surface area contributed by atoms with E-state index in [-0.39, 0.29) is 60.8 Å². The van der Waals surface area contributed by atoms with E-state index in [0.717, 1.165) is 39.4 Å². The summed E-state index contributed by atoms with van der Waals surface area (Å²) < 4.78 is 112. The van der Waals surface area contributed by atoms with Crippen molar-refractivity contribution in [1.82, 2.24) is 28.4 Å². The van der Waals surface area contributed by atoms with Crippen molar-refractivity contribution < 1.29 is 93.0 Å². The number of amides is 1. The number of rotatable bonds is 29. The number of morpholine rings is 1. The number of anilines is 1. The molecular weight excluding hydrogens is 1090 g/mol. The van der Waals surface area contributed by atoms with Gasteiger partial charge in [0.2, 0.25) is 5.82 Å². The number of hydrogen-bond donors (Lipinski definition) is 3. The number of ether oxygens (including phenoxy) is 9. The predicted molar refractivity (Wildman–Crippen MR) is 269 cm³/mol. The summed E-state index contributed by atoms with van der Waals surface area (Å²) >= 11 is 1.45. The molecule has 7 atom stereocenters. The third-order valence-corrected chi connectivity index (χ3v) is 16.9. The molecule has 31 heteroatoms. The molecule has 2 aliphatic heterocycles. The number of thiophene rings is 1. The highest BCUT2D eigenvalue weighted by Gasteiger charge is 2.41. The Morgan fingerprint density at radius 2 is 1.37 bits per heavy atom. The Labute approximate surface area is 450 Å². The van der Waals surface area contributed by atoms with E-state index in [1.54, 1.807) is 11.6 Å². The molecule has 4 rings (SSSR count). The van der Waals surface area contributed by atoms with Crippen molar-refractivity contribution in [2.75, 3.05) is 77.7 Å². The molecule has 1 saturated heterocycles. The first-order valence-corrected chi connectivity index (χ1v) is 28.8. The van der Waals surface area contributed by atoms with E-state index in [4.69, 9.17) is 42.6 Å². The Balaban J connectivity index is 1.18. The summed E-state index contributed by atoms with van der Waals surface area (Å²) in [5.74, 6) is -6.80. The Bertz CT molecular complexity index is 2550. The molecule has 2 aromatic rings. The number of carbonyl (C=O) groups is 7. The van der Waals surface area contributed by atoms with Gasteiger partial charge in [0.1, 0.15) is 21.1 Å². The first-order valence-electron chi connectivity index (χ1n) is 24.3. The monoisotopic (exact) mass is 1160 g/mol. The standard InChI is InChI=1S/C45H69N7O20S4/c1-11-46-33-24-52(16-13-19-64-10)76(62,63)44-32(33)22-36(73-44)75(60,61)50-38(55)26(2)68-41(57)28(4)70-43(59)30(6)71-42(58)29(5)69-40(56)27(3)67-34(53)14-12-15-35(54)72-31(23-47-45(7,8)9)25-66-39-37(48-74-49-39)51-17-20-65-21-18-51/h22,26-31,33,46-47H,11-21,23-25H2,1-10H3,(H,50,55)/t26?,27?,28?,29?,30?,31?,33-/m1/s1. The zero-order chi connectivity index (χ0) is 56.5. The van der Waals surface area contributed by atoms with Gasteiger partial charge in [-0.3, -0.25) is 14.4 Å². The van der Waals surface area contributed by atoms with Crippen LogP contribution in [0.5, 0.6) is 5.88 Å². The Hall–Kier alpha value is -5.15. The summed E-state index contributed by atoms with van der Waals surface area (Å²) in [6.45, 7) is 16.6. The largest absolute Gasteiger partial charge is 0.470 e. The maximum absolute atomic E-state index is 13.5. The summed E-state index contributed by atoms with van der Waals surface area (Å²) in [5, 5.41) is 6.43. The first-order chi connectivity index (χ1) is 35.7. The molecular formula is C45H69N7O20S4. The van der Waals surface area contributed by atoms with Gasteiger partial charge in [-0.25, -0.2) is 40.7 Å². The van der Waals surface area contributed by atoms with E-state index in [1.165, 1.54) is 24.4 Å². The highest BCUT2D eigenvalue weighted by molar-refractivity contribution is 7.94. The van der Waals surface area contributed by atoms with Crippen LogP contribution in [-0.4, -0.2) is 187 Å². The molecule has 2 aliphatic rings. The fraction of sp³-hybridized carbons (Fsp3) is 0.711. The van der Waals surface area contributed by atoms with Gasteiger partial charge in [-0.2, -0.15) is 8.68 Å². The van der Waals surface area contributed by atoms with Crippen molar-refractivity contribution in [1.29, 1.82) is 0 Å². The van der Waals surface area contributed by atoms with Crippen molar-refractivity contribution in [2.45, 2.75) is 145 Å². The molecule has 0 aromatic carbocycles. The number of aromatic nitrogens is 2. The van der Waals surface area contributed by atoms with E-state index in [2.05, 4.69) is 19.4 Å². The Kier molecular flexibility index (Phi) is 24.2. The number of hydrogen-bond acceptors (Lipinski definition) is 27. The van der Waals surface area contributed by atoms with Crippen LogP contribution in [0, 0.1) is 0 Å². The molecule has 2 aromatic heterocycles. The summed E-state index contributed by atoms with van der Waals surface area (Å²) in [5.41, 5.74) is -0.0882. The molecule has 3 N–H and O–H groups in total. The molecule has 0 bridgehead atoms. The smallest absolute Gasteiger partial charge is 0.347 e. The van der Waals surface area contributed by atoms with Gasteiger partial charge in [-0.05, 0) is 80.8 Å². The highest BCUT2D eigenvalue weighted by atomic mass is 32.3. The average molecular weight is 1160 g/mol. The van der Waals surface area contributed by atoms with Gasteiger partial charge in [0.05, 0.1) is 24.9 Å². The molecule has 27 nitrogen and oxygen atoms in total. The molecule has 1 fully saturated rings. The van der Waals surface area contributed by atoms with Crippen LogP contribution < -0.4 is 25.0 Å². The quantitative estimate of drug-likeness (QED) is 0.0584. The molecule has 428 valence electrons. The van der Waals surface area contributed by atoms with Crippen molar-refractivity contribution in [3.05, 3.63) is 11.6 Å². The van der Waals surface area contributed by atoms with Crippen LogP contribution in [0.15, 0.2) is 14.5 Å². The van der Waals surface area contributed by atoms with Gasteiger partial charge in [-0.1, -0.05) is 6.92 Å². The fourth-order valence-corrected chi connectivity index (χ4v) is 12.4. The van der Waals surface area contributed by atoms with Crippen LogP contribution in [0.4, 0.5) is 5.82 Å². The number of esters is 6. The lowest BCUT2D eigenvalue weighted by Crippen LogP contribution is -2.44. The van der Waals surface area contributed by atoms with Crippen LogP contribution in [0.3, 0.4) is 0 Å². The van der Waals surface area contributed by atoms with E-state index in [9.17, 15) is 50.4 Å². The summed E-state index contributed by atoms with van der Waals surface area (Å²) in [7, 11) is -7.30. The molecule has 6 unspecified atom stereocenters. The molecule has 1 amide bonds. The van der Waals surface area contributed by atoms with Crippen molar-refractivity contribution in [3.63, 3.8) is 0 Å². The van der Waals surface area contributed by atoms with Gasteiger partial charge in [0.15, 0.2) is 30.5 Å². The van der Waals surface area contributed by atoms with E-state index < -0.39 is 109 Å². The SMILES string of the molecule is CCN[C@@H]1CN(CCCOC)S(=O)(=O)c2sc(S(=O)(=O)NC(=O)C(C)OC(=O)C(C)OC(=O)C(C)OC(=O)C(C)OC(=O)C(C)OC(=O)CCCC(=O)OC(CNC(C)(C)C)COc3nsnc3N3CCOCC3)cc21. The zero-order valence-electron chi connectivity index (χ0n) is 44.1. The van der Waals surface area contributed by atoms with Gasteiger partial charge < -0.3 is 58.2 Å². The average Bonchev–Trinajstić information content (AvgIpc) is 4.03. The van der Waals surface area contributed by atoms with E-state index in [0.29, 0.717) is 68.9 Å². The molecule has 0 radical (unpaired) electrons. The number of nitrogens with zero attached hydrogens (tertiary/aromatic N) is 4. The molecule has 0 aliphatic carbocycles. The van der Waals surface area contributed by atoms with Gasteiger partial charge >= 0.3 is 35.8 Å². The molecule has 0 saturated carbocycles. The van der Waals surface area contributed by atoms with Crippen molar-refractivity contribution in [3.8, 4) is 5.88 Å². The number of nitrogens with one attached hydrogen (secondary N) is 3. The second-order valence-electron chi connectivity index (χ2n) is 18.4. The lowest BCUT2D eigenvalue weighted by atomic mass is 10.1. The lowest BCUT2D eigenvalue weighted by Gasteiger charge is -2.32. The number of methoxy groups -OCH3 is 1. The summed E-state index contributed by atoms with van der Waals surface area (Å²) in [6, 6.07) is 0.621. The van der Waals surface area contributed by atoms with Crippen LogP contribution in [0.1, 0.15) is 99.6 Å². The molecule has 4 heterocycles. The van der Waals surface area contributed by atoms with Gasteiger partial charge in [0.25, 0.3) is 31.8 Å². The minimum absolute atomic E-state index is 0.00535. The molecule has 76 heavy (non-hydrogen) atoms. The Morgan fingerprint density at radius 1 is 0.816 bits per heavy atom. The second kappa shape index (κ2) is 29.0. The maximum Gasteiger partial charge on any atom is 0.347 e. The Morgan fingerprint density at radius 3 is 1.92 bits per heavy atom. The first kappa shape index (κ1) is 63.4. The number of sulfonamides is 2. The maximum atomic E-state index is 13.5. The van der Waals surface area contributed by atoms with Gasteiger partial charge in [0, 0.05) is 76.4 Å². The van der Waals surface area contributed by atoms with Crippen molar-refractivity contribution in [2.24, 2.45) is 0 Å². The number of likely N-dealkylation sites (N-methyl/N-ethyl adjacent to an activating group) is 1. The van der Waals surface area contributed by atoms with Crippen molar-refractivity contribution >= 4 is 90.7 Å². The fourth-order valence-electron chi connectivity index (χ4n) is 6.91. The van der Waals surface area contributed by atoms with Crippen LogP contribution >= 0.6 is 23.1 Å². The molecule has 0 spiro atoms. The number of carbonyl (C=O) groups excluding carboxylic acids is 7. The van der Waals surface area contributed by atoms with Crippen LogP contribution in [-0.2, 0) is 91.5 Å². The predicted octanol–water partition coefficient (Wildman–Crippen LogP) is 1.14. The van der Waals surface area contributed by atoms with Crippen LogP contribution in [0.25, 0.3) is 0 Å². The van der Waals surface area contributed by atoms with E-state index in [1.807, 2.05) is 25.7 Å². The minimum atomic E-state index is -4.69. The third kappa shape index (κ3) is 19.1. The lowest BCUT2D eigenvalue weighted by molar-refractivity contribution is -0.185. The van der Waals surface area contributed by atoms with Crippen LogP contribution in [0.2, 0.25) is 0 Å². The number of fused-ring (bicyclic) bond motifs is 1. The summed E-state index contributed by atoms with van der Waals surface area (Å²) in [4.78, 5) is 91.4. The second-order valence-corrected chi connectivity index (χ2v) is 24.1. The normalized spacial score (nSPS) is 18.1. The minimum Gasteiger partial charge on any atom is -0.470 e. The summed E-state index contributed by atoms with van der Waals surface area (Å²) in [6.07, 6.45) is -9.06. The van der Waals surface area contributed by atoms with E-state index >= 15 is 0 Å². The highest BCUT2D eigenvalue weighted by Crippen LogP contribution is 2.40. The van der Waals surface area contributed by atoms with Gasteiger partial charge in [-0.15, -0.1) is 15.7 Å². The third-order valence-electron chi connectivity index (χ3n) is 11.0. The zero-order valence-corrected chi connectivity index (χ0v) is 47.4.